The molecule has 13 heavy (non-hydrogen) atoms. The number of aryl methyl sites for hydroxylation is 1. The zero-order chi connectivity index (χ0) is 8.81. The normalized spacial score (nSPS) is 9.00. The highest BCUT2D eigenvalue weighted by atomic mass is 79.9. The van der Waals surface area contributed by atoms with Gasteiger partial charge in [-0.1, -0.05) is 26.0 Å². The molecule has 0 spiro atoms. The van der Waals surface area contributed by atoms with E-state index in [1.165, 1.54) is 24.0 Å². The number of hydrogen-bond donors (Lipinski definition) is 0. The van der Waals surface area contributed by atoms with Gasteiger partial charge in [0, 0.05) is 11.6 Å². The van der Waals surface area contributed by atoms with Gasteiger partial charge in [-0.25, -0.2) is 4.98 Å². The molecule has 2 heteroatoms. The Bertz CT molecular complexity index is 258. The number of pyridine rings is 1. The Morgan fingerprint density at radius 1 is 1.54 bits per heavy atom. The predicted molar refractivity (Wildman–Crippen MR) is 51.7 cm³/mol. The van der Waals surface area contributed by atoms with Crippen LogP contribution in [0.1, 0.15) is 30.9 Å². The largest absolute Gasteiger partial charge is 1.00 e. The van der Waals surface area contributed by atoms with Gasteiger partial charge in [0.2, 0.25) is 0 Å². The molecule has 72 valence electrons. The summed E-state index contributed by atoms with van der Waals surface area (Å²) in [6.07, 6.45) is 9.55. The fourth-order valence-electron chi connectivity index (χ4n) is 1.26. The third-order valence-corrected chi connectivity index (χ3v) is 2.01. The molecule has 0 aromatic carbocycles. The summed E-state index contributed by atoms with van der Waals surface area (Å²) in [6.45, 7) is 5.99. The molecule has 0 radical (unpaired) electrons. The van der Waals surface area contributed by atoms with Crippen molar-refractivity contribution in [3.8, 4) is 0 Å². The van der Waals surface area contributed by atoms with Gasteiger partial charge in [-0.2, -0.15) is 0 Å². The van der Waals surface area contributed by atoms with Crippen LogP contribution in [0.2, 0.25) is 0 Å². The third kappa shape index (κ3) is 3.73. The highest BCUT2D eigenvalue weighted by molar-refractivity contribution is 5.49. The van der Waals surface area contributed by atoms with Gasteiger partial charge in [-0.05, 0) is 18.4 Å². The number of rotatable bonds is 4. The van der Waals surface area contributed by atoms with Crippen molar-refractivity contribution >= 4 is 6.08 Å². The van der Waals surface area contributed by atoms with Crippen molar-refractivity contribution in [3.05, 3.63) is 36.2 Å². The second-order valence-corrected chi connectivity index (χ2v) is 2.93. The van der Waals surface area contributed by atoms with Gasteiger partial charge in [0.25, 0.3) is 0 Å². The lowest BCUT2D eigenvalue weighted by Crippen LogP contribution is -3.00. The van der Waals surface area contributed by atoms with E-state index in [4.69, 9.17) is 0 Å². The minimum Gasteiger partial charge on any atom is -1.00 e. The zero-order valence-corrected chi connectivity index (χ0v) is 9.60. The van der Waals surface area contributed by atoms with Gasteiger partial charge >= 0.3 is 0 Å². The molecule has 0 saturated carbocycles. The van der Waals surface area contributed by atoms with Crippen LogP contribution in [-0.2, 0) is 6.42 Å². The molecule has 0 bridgehead atoms. The molecule has 1 nitrogen and oxygen atoms in total. The molecule has 0 unspecified atom stereocenters. The molecule has 1 aromatic heterocycles. The van der Waals surface area contributed by atoms with Crippen LogP contribution in [0.4, 0.5) is 0 Å². The summed E-state index contributed by atoms with van der Waals surface area (Å²) in [5.74, 6) is 0. The van der Waals surface area contributed by atoms with E-state index in [1.54, 1.807) is 0 Å². The average molecular weight is 242 g/mol. The Morgan fingerprint density at radius 3 is 2.92 bits per heavy atom. The number of halogens is 1. The first kappa shape index (κ1) is 12.4. The number of aromatic nitrogens is 1. The molecule has 1 N–H and O–H groups in total. The van der Waals surface area contributed by atoms with Crippen LogP contribution >= 0.6 is 0 Å². The van der Waals surface area contributed by atoms with E-state index < -0.39 is 0 Å². The minimum atomic E-state index is 0. The van der Waals surface area contributed by atoms with Crippen LogP contribution in [0.5, 0.6) is 0 Å². The summed E-state index contributed by atoms with van der Waals surface area (Å²) in [5.41, 5.74) is 2.62. The molecule has 0 aliphatic rings. The lowest BCUT2D eigenvalue weighted by molar-refractivity contribution is -0.378. The van der Waals surface area contributed by atoms with E-state index in [9.17, 15) is 0 Å². The summed E-state index contributed by atoms with van der Waals surface area (Å²) < 4.78 is 0. The van der Waals surface area contributed by atoms with Gasteiger partial charge in [-0.3, -0.25) is 0 Å². The maximum absolute atomic E-state index is 3.79. The molecule has 1 rings (SSSR count). The van der Waals surface area contributed by atoms with Gasteiger partial charge in [-0.15, -0.1) is 0 Å². The molecule has 0 fully saturated rings. The van der Waals surface area contributed by atoms with Crippen molar-refractivity contribution in [2.45, 2.75) is 26.2 Å². The summed E-state index contributed by atoms with van der Waals surface area (Å²) in [4.78, 5) is 3.10. The summed E-state index contributed by atoms with van der Waals surface area (Å²) in [7, 11) is 0. The molecule has 1 heterocycles. The van der Waals surface area contributed by atoms with E-state index in [1.807, 2.05) is 12.3 Å². The maximum Gasteiger partial charge on any atom is 0.170 e. The summed E-state index contributed by atoms with van der Waals surface area (Å²) in [6, 6.07) is 2.07. The van der Waals surface area contributed by atoms with Crippen LogP contribution in [-0.4, -0.2) is 0 Å². The van der Waals surface area contributed by atoms with Gasteiger partial charge < -0.3 is 17.0 Å². The predicted octanol–water partition coefficient (Wildman–Crippen LogP) is -0.510. The molecule has 0 aliphatic heterocycles. The standard InChI is InChI=1S/C11H15N.BrH/c1-3-5-6-11-9-12-8-7-10(11)4-2;/h4,7-9H,2-3,5-6H2,1H3;1H. The van der Waals surface area contributed by atoms with E-state index in [0.29, 0.717) is 0 Å². The van der Waals surface area contributed by atoms with Crippen molar-refractivity contribution in [1.82, 2.24) is 0 Å². The summed E-state index contributed by atoms with van der Waals surface area (Å²) >= 11 is 0. The Labute approximate surface area is 90.7 Å². The molecule has 0 saturated heterocycles. The van der Waals surface area contributed by atoms with Crippen molar-refractivity contribution < 1.29 is 22.0 Å². The number of aromatic amines is 1. The van der Waals surface area contributed by atoms with Crippen LogP contribution in [0.25, 0.3) is 6.08 Å². The van der Waals surface area contributed by atoms with Gasteiger partial charge in [0.1, 0.15) is 0 Å². The van der Waals surface area contributed by atoms with Gasteiger partial charge in [0.05, 0.1) is 0 Å². The van der Waals surface area contributed by atoms with Crippen molar-refractivity contribution in [1.29, 1.82) is 0 Å². The van der Waals surface area contributed by atoms with Crippen LogP contribution < -0.4 is 22.0 Å². The fraction of sp³-hybridized carbons (Fsp3) is 0.364. The molecular weight excluding hydrogens is 226 g/mol. The Morgan fingerprint density at radius 2 is 2.31 bits per heavy atom. The maximum atomic E-state index is 3.79. The third-order valence-electron chi connectivity index (χ3n) is 2.01. The minimum absolute atomic E-state index is 0. The lowest BCUT2D eigenvalue weighted by Gasteiger charge is -1.99. The van der Waals surface area contributed by atoms with E-state index in [-0.39, 0.29) is 17.0 Å². The topological polar surface area (TPSA) is 14.1 Å². The quantitative estimate of drug-likeness (QED) is 0.675. The highest BCUT2D eigenvalue weighted by Crippen LogP contribution is 2.09. The molecule has 0 aliphatic carbocycles. The second kappa shape index (κ2) is 6.84. The summed E-state index contributed by atoms with van der Waals surface area (Å²) in [5, 5.41) is 0. The number of hydrogen-bond acceptors (Lipinski definition) is 0. The lowest BCUT2D eigenvalue weighted by atomic mass is 10.1. The van der Waals surface area contributed by atoms with E-state index >= 15 is 0 Å². The zero-order valence-electron chi connectivity index (χ0n) is 8.02. The first-order valence-electron chi connectivity index (χ1n) is 4.50. The Kier molecular flexibility index (Phi) is 6.51. The first-order valence-corrected chi connectivity index (χ1v) is 4.50. The SMILES string of the molecule is C=Cc1cc[nH+]cc1CCCC.[Br-]. The number of unbranched alkanes of at least 4 members (excludes halogenated alkanes) is 1. The fourth-order valence-corrected chi connectivity index (χ4v) is 1.26. The molecule has 1 aromatic rings. The van der Waals surface area contributed by atoms with Crippen molar-refractivity contribution in [3.63, 3.8) is 0 Å². The van der Waals surface area contributed by atoms with Crippen LogP contribution in [0.15, 0.2) is 25.0 Å². The van der Waals surface area contributed by atoms with Crippen molar-refractivity contribution in [2.75, 3.05) is 0 Å². The Balaban J connectivity index is 0.00000144. The first-order chi connectivity index (χ1) is 5.88. The number of nitrogens with one attached hydrogen (secondary N) is 1. The smallest absolute Gasteiger partial charge is 0.170 e. The monoisotopic (exact) mass is 241 g/mol. The van der Waals surface area contributed by atoms with Crippen LogP contribution in [0, 0.1) is 0 Å². The number of H-pyrrole nitrogens is 1. The average Bonchev–Trinajstić information content (AvgIpc) is 2.15. The Hall–Kier alpha value is -0.630. The molecular formula is C11H16BrN. The van der Waals surface area contributed by atoms with Crippen LogP contribution in [0.3, 0.4) is 0 Å². The molecule has 0 amide bonds. The van der Waals surface area contributed by atoms with E-state index in [0.717, 1.165) is 6.42 Å². The molecule has 0 atom stereocenters. The van der Waals surface area contributed by atoms with Gasteiger partial charge in [0.15, 0.2) is 12.4 Å². The van der Waals surface area contributed by atoms with E-state index in [2.05, 4.69) is 30.7 Å². The second-order valence-electron chi connectivity index (χ2n) is 2.93. The van der Waals surface area contributed by atoms with Crippen molar-refractivity contribution in [2.24, 2.45) is 0 Å². The highest BCUT2D eigenvalue weighted by Gasteiger charge is 2.00.